The molecule has 0 heterocycles. The smallest absolute Gasteiger partial charge is 0.132 e. The number of ketones is 1. The van der Waals surface area contributed by atoms with Crippen molar-refractivity contribution in [2.24, 2.45) is 5.92 Å². The maximum Gasteiger partial charge on any atom is 0.132 e. The van der Waals surface area contributed by atoms with Crippen LogP contribution in [0.25, 0.3) is 0 Å². The van der Waals surface area contributed by atoms with Crippen LogP contribution in [0.15, 0.2) is 18.2 Å². The average molecular weight is 234 g/mol. The molecule has 1 atom stereocenters. The van der Waals surface area contributed by atoms with Gasteiger partial charge in [0.2, 0.25) is 0 Å². The molecule has 0 N–H and O–H groups in total. The Hall–Kier alpha value is -1.31. The van der Waals surface area contributed by atoms with Crippen LogP contribution in [0.4, 0.5) is 0 Å². The minimum atomic E-state index is 0.0475. The number of Topliss-reactive ketones (excluding diaryl/α,β-unsaturated/α-hetero) is 1. The summed E-state index contributed by atoms with van der Waals surface area (Å²) in [6.45, 7) is 7.94. The topological polar surface area (TPSA) is 26.3 Å². The molecule has 1 rings (SSSR count). The van der Waals surface area contributed by atoms with Gasteiger partial charge in [0, 0.05) is 5.92 Å². The van der Waals surface area contributed by atoms with E-state index >= 15 is 0 Å². The van der Waals surface area contributed by atoms with Crippen LogP contribution in [0, 0.1) is 5.92 Å². The second-order valence-corrected chi connectivity index (χ2v) is 4.94. The lowest BCUT2D eigenvalue weighted by Gasteiger charge is -2.15. The summed E-state index contributed by atoms with van der Waals surface area (Å²) in [6, 6.07) is 6.24. The van der Waals surface area contributed by atoms with Gasteiger partial charge in [-0.2, -0.15) is 0 Å². The van der Waals surface area contributed by atoms with Crippen LogP contribution in [-0.2, 0) is 11.2 Å². The highest BCUT2D eigenvalue weighted by molar-refractivity contribution is 5.78. The number of methoxy groups -OCH3 is 1. The van der Waals surface area contributed by atoms with E-state index in [2.05, 4.69) is 26.0 Å². The quantitative estimate of drug-likeness (QED) is 0.778. The molecule has 0 aliphatic carbocycles. The van der Waals surface area contributed by atoms with Gasteiger partial charge in [0.15, 0.2) is 0 Å². The van der Waals surface area contributed by atoms with E-state index in [0.29, 0.717) is 5.92 Å². The van der Waals surface area contributed by atoms with Crippen LogP contribution in [-0.4, -0.2) is 12.9 Å². The molecule has 1 unspecified atom stereocenters. The first-order valence-corrected chi connectivity index (χ1v) is 6.13. The molecule has 0 aromatic heterocycles. The van der Waals surface area contributed by atoms with Crippen molar-refractivity contribution < 1.29 is 9.53 Å². The number of carbonyl (C=O) groups excluding carboxylic acids is 1. The summed E-state index contributed by atoms with van der Waals surface area (Å²) >= 11 is 0. The predicted octanol–water partition coefficient (Wildman–Crippen LogP) is 3.59. The molecule has 2 heteroatoms. The van der Waals surface area contributed by atoms with Crippen molar-refractivity contribution in [3.63, 3.8) is 0 Å². The molecule has 0 bridgehead atoms. The van der Waals surface area contributed by atoms with Crippen LogP contribution < -0.4 is 4.74 Å². The molecule has 1 aromatic carbocycles. The molecule has 0 fully saturated rings. The zero-order chi connectivity index (χ0) is 13.0. The molecule has 0 spiro atoms. The first-order valence-electron chi connectivity index (χ1n) is 6.13. The van der Waals surface area contributed by atoms with E-state index in [1.807, 2.05) is 13.0 Å². The highest BCUT2D eigenvalue weighted by Gasteiger charge is 2.13. The first-order chi connectivity index (χ1) is 7.95. The van der Waals surface area contributed by atoms with E-state index in [1.54, 1.807) is 14.0 Å². The minimum Gasteiger partial charge on any atom is -0.496 e. The van der Waals surface area contributed by atoms with E-state index in [-0.39, 0.29) is 11.7 Å². The third kappa shape index (κ3) is 3.58. The van der Waals surface area contributed by atoms with E-state index in [0.717, 1.165) is 17.7 Å². The second-order valence-electron chi connectivity index (χ2n) is 4.94. The molecule has 0 aliphatic rings. The third-order valence-electron chi connectivity index (χ3n) is 3.19. The minimum absolute atomic E-state index is 0.0475. The fraction of sp³-hybridized carbons (Fsp3) is 0.533. The molecule has 0 saturated carbocycles. The molecule has 0 saturated heterocycles. The van der Waals surface area contributed by atoms with Gasteiger partial charge in [-0.05, 0) is 36.5 Å². The Morgan fingerprint density at radius 1 is 1.29 bits per heavy atom. The molecule has 2 nitrogen and oxygen atoms in total. The van der Waals surface area contributed by atoms with Crippen molar-refractivity contribution in [3.05, 3.63) is 29.3 Å². The fourth-order valence-corrected chi connectivity index (χ4v) is 1.79. The van der Waals surface area contributed by atoms with Gasteiger partial charge in [0.1, 0.15) is 11.5 Å². The van der Waals surface area contributed by atoms with Crippen molar-refractivity contribution >= 4 is 5.78 Å². The van der Waals surface area contributed by atoms with Crippen molar-refractivity contribution in [1.29, 1.82) is 0 Å². The SMILES string of the molecule is COc1ccc(C(C)C)cc1CC(C)C(C)=O. The van der Waals surface area contributed by atoms with E-state index < -0.39 is 0 Å². The van der Waals surface area contributed by atoms with Crippen LogP contribution in [0.5, 0.6) is 5.75 Å². The van der Waals surface area contributed by atoms with Crippen molar-refractivity contribution in [3.8, 4) is 5.75 Å². The maximum absolute atomic E-state index is 11.3. The molecule has 1 aromatic rings. The predicted molar refractivity (Wildman–Crippen MR) is 70.6 cm³/mol. The number of hydrogen-bond donors (Lipinski definition) is 0. The Morgan fingerprint density at radius 3 is 2.41 bits per heavy atom. The zero-order valence-electron chi connectivity index (χ0n) is 11.4. The number of ether oxygens (including phenoxy) is 1. The molecular weight excluding hydrogens is 212 g/mol. The fourth-order valence-electron chi connectivity index (χ4n) is 1.79. The summed E-state index contributed by atoms with van der Waals surface area (Å²) < 4.78 is 5.35. The summed E-state index contributed by atoms with van der Waals surface area (Å²) in [5, 5.41) is 0. The molecule has 0 radical (unpaired) electrons. The van der Waals surface area contributed by atoms with Gasteiger partial charge in [-0.25, -0.2) is 0 Å². The van der Waals surface area contributed by atoms with Gasteiger partial charge in [-0.15, -0.1) is 0 Å². The van der Waals surface area contributed by atoms with Crippen molar-refractivity contribution in [2.75, 3.05) is 7.11 Å². The number of rotatable bonds is 5. The molecule has 0 amide bonds. The van der Waals surface area contributed by atoms with Crippen molar-refractivity contribution in [2.45, 2.75) is 40.0 Å². The largest absolute Gasteiger partial charge is 0.496 e. The maximum atomic E-state index is 11.3. The van der Waals surface area contributed by atoms with E-state index in [4.69, 9.17) is 4.74 Å². The summed E-state index contributed by atoms with van der Waals surface area (Å²) in [6.07, 6.45) is 0.749. The van der Waals surface area contributed by atoms with Gasteiger partial charge < -0.3 is 4.74 Å². The van der Waals surface area contributed by atoms with E-state index in [1.165, 1.54) is 5.56 Å². The highest BCUT2D eigenvalue weighted by Crippen LogP contribution is 2.26. The van der Waals surface area contributed by atoms with Gasteiger partial charge in [-0.3, -0.25) is 4.79 Å². The van der Waals surface area contributed by atoms with E-state index in [9.17, 15) is 4.79 Å². The second kappa shape index (κ2) is 5.85. The lowest BCUT2D eigenvalue weighted by Crippen LogP contribution is -2.10. The van der Waals surface area contributed by atoms with Crippen LogP contribution in [0.3, 0.4) is 0 Å². The standard InChI is InChI=1S/C15H22O2/c1-10(2)13-6-7-15(17-5)14(9-13)8-11(3)12(4)16/h6-7,9-11H,8H2,1-5H3. The number of benzene rings is 1. The van der Waals surface area contributed by atoms with Crippen molar-refractivity contribution in [1.82, 2.24) is 0 Å². The zero-order valence-corrected chi connectivity index (χ0v) is 11.4. The Bertz CT molecular complexity index is 394. The third-order valence-corrected chi connectivity index (χ3v) is 3.19. The normalized spacial score (nSPS) is 12.6. The lowest BCUT2D eigenvalue weighted by molar-refractivity contribution is -0.120. The number of hydrogen-bond acceptors (Lipinski definition) is 2. The van der Waals surface area contributed by atoms with Gasteiger partial charge >= 0.3 is 0 Å². The van der Waals surface area contributed by atoms with Crippen LogP contribution in [0.2, 0.25) is 0 Å². The molecule has 94 valence electrons. The van der Waals surface area contributed by atoms with Gasteiger partial charge in [-0.1, -0.05) is 32.9 Å². The lowest BCUT2D eigenvalue weighted by atomic mass is 9.93. The summed E-state index contributed by atoms with van der Waals surface area (Å²) in [5.41, 5.74) is 2.41. The monoisotopic (exact) mass is 234 g/mol. The Morgan fingerprint density at radius 2 is 1.94 bits per heavy atom. The molecular formula is C15H22O2. The summed E-state index contributed by atoms with van der Waals surface area (Å²) in [7, 11) is 1.67. The van der Waals surface area contributed by atoms with Gasteiger partial charge in [0.25, 0.3) is 0 Å². The summed E-state index contributed by atoms with van der Waals surface area (Å²) in [4.78, 5) is 11.3. The Kier molecular flexibility index (Phi) is 4.73. The van der Waals surface area contributed by atoms with Gasteiger partial charge in [0.05, 0.1) is 7.11 Å². The highest BCUT2D eigenvalue weighted by atomic mass is 16.5. The average Bonchev–Trinajstić information content (AvgIpc) is 2.28. The van der Waals surface area contributed by atoms with Crippen LogP contribution in [0.1, 0.15) is 44.7 Å². The Balaban J connectivity index is 3.01. The Labute approximate surface area is 104 Å². The first kappa shape index (κ1) is 13.8. The molecule has 17 heavy (non-hydrogen) atoms. The number of carbonyl (C=O) groups is 1. The molecule has 0 aliphatic heterocycles. The summed E-state index contributed by atoms with van der Waals surface area (Å²) in [5.74, 6) is 1.64. The van der Waals surface area contributed by atoms with Crippen LogP contribution >= 0.6 is 0 Å².